The van der Waals surface area contributed by atoms with Gasteiger partial charge in [-0.1, -0.05) is 34.1 Å². The molecule has 0 aliphatic heterocycles. The minimum atomic E-state index is -1.51. The summed E-state index contributed by atoms with van der Waals surface area (Å²) in [5.41, 5.74) is 5.34. The monoisotopic (exact) mass is 329 g/mol. The highest BCUT2D eigenvalue weighted by molar-refractivity contribution is 9.10. The van der Waals surface area contributed by atoms with Crippen LogP contribution in [0.4, 0.5) is 13.2 Å². The van der Waals surface area contributed by atoms with Gasteiger partial charge in [0, 0.05) is 10.0 Å². The average molecular weight is 330 g/mol. The van der Waals surface area contributed by atoms with Gasteiger partial charge in [0.05, 0.1) is 5.54 Å². The highest BCUT2D eigenvalue weighted by atomic mass is 79.9. The molecule has 19 heavy (non-hydrogen) atoms. The van der Waals surface area contributed by atoms with Gasteiger partial charge >= 0.3 is 0 Å². The van der Waals surface area contributed by atoms with Gasteiger partial charge in [0.1, 0.15) is 0 Å². The minimum Gasteiger partial charge on any atom is -0.318 e. The molecule has 2 aromatic carbocycles. The molecule has 0 heterocycles. The number of benzene rings is 2. The van der Waals surface area contributed by atoms with Crippen LogP contribution >= 0.6 is 15.9 Å². The molecule has 2 N–H and O–H groups in total. The van der Waals surface area contributed by atoms with Gasteiger partial charge in [0.2, 0.25) is 0 Å². The fraction of sp³-hybridized carbons (Fsp3) is 0.143. The van der Waals surface area contributed by atoms with Crippen molar-refractivity contribution < 1.29 is 13.2 Å². The molecule has 2 rings (SSSR count). The Morgan fingerprint density at radius 3 is 2.11 bits per heavy atom. The molecule has 0 spiro atoms. The van der Waals surface area contributed by atoms with E-state index in [-0.39, 0.29) is 5.56 Å². The van der Waals surface area contributed by atoms with Crippen LogP contribution in [-0.4, -0.2) is 0 Å². The van der Waals surface area contributed by atoms with Crippen molar-refractivity contribution in [2.24, 2.45) is 5.73 Å². The first kappa shape index (κ1) is 14.1. The molecular weight excluding hydrogens is 319 g/mol. The average Bonchev–Trinajstić information content (AvgIpc) is 2.36. The Bertz CT molecular complexity index is 609. The predicted molar refractivity (Wildman–Crippen MR) is 71.1 cm³/mol. The zero-order valence-corrected chi connectivity index (χ0v) is 11.6. The van der Waals surface area contributed by atoms with E-state index in [1.807, 2.05) is 0 Å². The van der Waals surface area contributed by atoms with Crippen LogP contribution in [0.15, 0.2) is 40.9 Å². The van der Waals surface area contributed by atoms with E-state index >= 15 is 0 Å². The van der Waals surface area contributed by atoms with Crippen LogP contribution in [-0.2, 0) is 5.54 Å². The Morgan fingerprint density at radius 1 is 0.947 bits per heavy atom. The molecule has 100 valence electrons. The first-order valence-corrected chi connectivity index (χ1v) is 6.32. The molecule has 0 amide bonds. The maximum absolute atomic E-state index is 13.8. The van der Waals surface area contributed by atoms with Gasteiger partial charge in [0.15, 0.2) is 17.5 Å². The van der Waals surface area contributed by atoms with Gasteiger partial charge in [0.25, 0.3) is 0 Å². The molecule has 0 fully saturated rings. The van der Waals surface area contributed by atoms with Gasteiger partial charge in [-0.3, -0.25) is 0 Å². The zero-order valence-electron chi connectivity index (χ0n) is 10.1. The lowest BCUT2D eigenvalue weighted by molar-refractivity contribution is 0.425. The number of halogens is 4. The van der Waals surface area contributed by atoms with Crippen LogP contribution in [0.1, 0.15) is 18.1 Å². The van der Waals surface area contributed by atoms with Gasteiger partial charge in [-0.05, 0) is 30.7 Å². The van der Waals surface area contributed by atoms with Gasteiger partial charge in [-0.25, -0.2) is 13.2 Å². The standard InChI is InChI=1S/C14H11BrF3N/c1-14(19,8-2-4-9(15)5-3-8)10-6-7-11(16)13(18)12(10)17/h2-7H,19H2,1H3. The molecule has 5 heteroatoms. The number of hydrogen-bond acceptors (Lipinski definition) is 1. The van der Waals surface area contributed by atoms with Crippen molar-refractivity contribution in [2.45, 2.75) is 12.5 Å². The third kappa shape index (κ3) is 2.53. The van der Waals surface area contributed by atoms with Crippen molar-refractivity contribution in [1.29, 1.82) is 0 Å². The fourth-order valence-electron chi connectivity index (χ4n) is 1.88. The molecule has 1 unspecified atom stereocenters. The second kappa shape index (κ2) is 4.98. The summed E-state index contributed by atoms with van der Waals surface area (Å²) in [7, 11) is 0. The van der Waals surface area contributed by atoms with E-state index in [2.05, 4.69) is 15.9 Å². The first-order chi connectivity index (χ1) is 8.84. The van der Waals surface area contributed by atoms with Crippen molar-refractivity contribution in [3.8, 4) is 0 Å². The molecule has 0 saturated carbocycles. The Hall–Kier alpha value is -1.33. The van der Waals surface area contributed by atoms with Crippen LogP contribution in [0.3, 0.4) is 0 Å². The quantitative estimate of drug-likeness (QED) is 0.825. The lowest BCUT2D eigenvalue weighted by Crippen LogP contribution is -2.35. The Morgan fingerprint density at radius 2 is 1.53 bits per heavy atom. The van der Waals surface area contributed by atoms with E-state index in [0.29, 0.717) is 5.56 Å². The highest BCUT2D eigenvalue weighted by Gasteiger charge is 2.29. The topological polar surface area (TPSA) is 26.0 Å². The maximum Gasteiger partial charge on any atom is 0.194 e. The summed E-state index contributed by atoms with van der Waals surface area (Å²) >= 11 is 3.28. The highest BCUT2D eigenvalue weighted by Crippen LogP contribution is 2.31. The molecule has 0 bridgehead atoms. The minimum absolute atomic E-state index is 0.0891. The van der Waals surface area contributed by atoms with Crippen molar-refractivity contribution in [3.05, 3.63) is 69.4 Å². The van der Waals surface area contributed by atoms with Crippen LogP contribution in [0.2, 0.25) is 0 Å². The largest absolute Gasteiger partial charge is 0.318 e. The molecule has 0 aromatic heterocycles. The summed E-state index contributed by atoms with van der Waals surface area (Å²) in [6.45, 7) is 1.55. The van der Waals surface area contributed by atoms with E-state index in [4.69, 9.17) is 5.73 Å². The SMILES string of the molecule is CC(N)(c1ccc(Br)cc1)c1ccc(F)c(F)c1F. The van der Waals surface area contributed by atoms with E-state index in [1.165, 1.54) is 0 Å². The molecule has 0 radical (unpaired) electrons. The summed E-state index contributed by atoms with van der Waals surface area (Å²) < 4.78 is 40.9. The second-order valence-electron chi connectivity index (χ2n) is 4.43. The number of rotatable bonds is 2. The summed E-state index contributed by atoms with van der Waals surface area (Å²) in [6.07, 6.45) is 0. The van der Waals surface area contributed by atoms with Crippen LogP contribution in [0.5, 0.6) is 0 Å². The van der Waals surface area contributed by atoms with Crippen LogP contribution in [0, 0.1) is 17.5 Å². The van der Waals surface area contributed by atoms with Crippen molar-refractivity contribution >= 4 is 15.9 Å². The normalized spacial score (nSPS) is 14.2. The zero-order chi connectivity index (χ0) is 14.2. The van der Waals surface area contributed by atoms with Crippen molar-refractivity contribution in [1.82, 2.24) is 0 Å². The maximum atomic E-state index is 13.8. The van der Waals surface area contributed by atoms with Gasteiger partial charge < -0.3 is 5.73 Å². The fourth-order valence-corrected chi connectivity index (χ4v) is 2.14. The molecule has 0 aliphatic rings. The van der Waals surface area contributed by atoms with Gasteiger partial charge in [-0.15, -0.1) is 0 Å². The Kier molecular flexibility index (Phi) is 3.69. The summed E-state index contributed by atoms with van der Waals surface area (Å²) in [6, 6.07) is 8.93. The van der Waals surface area contributed by atoms with Crippen LogP contribution in [0.25, 0.3) is 0 Å². The van der Waals surface area contributed by atoms with E-state index < -0.39 is 23.0 Å². The molecule has 1 atom stereocenters. The first-order valence-electron chi connectivity index (χ1n) is 5.53. The van der Waals surface area contributed by atoms with E-state index in [9.17, 15) is 13.2 Å². The molecular formula is C14H11BrF3N. The lowest BCUT2D eigenvalue weighted by Gasteiger charge is -2.26. The summed E-state index contributed by atoms with van der Waals surface area (Å²) in [5, 5.41) is 0. The van der Waals surface area contributed by atoms with Crippen molar-refractivity contribution in [3.63, 3.8) is 0 Å². The summed E-state index contributed by atoms with van der Waals surface area (Å²) in [4.78, 5) is 0. The molecule has 2 aromatic rings. The third-order valence-corrected chi connectivity index (χ3v) is 3.57. The molecule has 0 saturated heterocycles. The second-order valence-corrected chi connectivity index (χ2v) is 5.35. The van der Waals surface area contributed by atoms with Crippen LogP contribution < -0.4 is 5.73 Å². The molecule has 0 aliphatic carbocycles. The van der Waals surface area contributed by atoms with E-state index in [1.54, 1.807) is 31.2 Å². The van der Waals surface area contributed by atoms with Gasteiger partial charge in [-0.2, -0.15) is 0 Å². The van der Waals surface area contributed by atoms with Crippen molar-refractivity contribution in [2.75, 3.05) is 0 Å². The van der Waals surface area contributed by atoms with E-state index in [0.717, 1.165) is 16.6 Å². The number of hydrogen-bond donors (Lipinski definition) is 1. The number of nitrogens with two attached hydrogens (primary N) is 1. The lowest BCUT2D eigenvalue weighted by atomic mass is 9.85. The Balaban J connectivity index is 2.56. The summed E-state index contributed by atoms with van der Waals surface area (Å²) in [5.74, 6) is -3.99. The predicted octanol–water partition coefficient (Wildman–Crippen LogP) is 4.09. The Labute approximate surface area is 117 Å². The third-order valence-electron chi connectivity index (χ3n) is 3.04. The smallest absolute Gasteiger partial charge is 0.194 e. The molecule has 1 nitrogen and oxygen atoms in total.